The Hall–Kier alpha value is -2.63. The van der Waals surface area contributed by atoms with Crippen molar-refractivity contribution in [1.29, 1.82) is 0 Å². The molecule has 1 heterocycles. The molecule has 0 aliphatic heterocycles. The summed E-state index contributed by atoms with van der Waals surface area (Å²) in [6, 6.07) is 9.17. The Morgan fingerprint density at radius 3 is 2.37 bits per heavy atom. The molecule has 98 valence electrons. The molecule has 0 amide bonds. The average molecular weight is 258 g/mol. The molecule has 0 saturated heterocycles. The third-order valence-corrected chi connectivity index (χ3v) is 2.85. The highest BCUT2D eigenvalue weighted by atomic mass is 16.2. The van der Waals surface area contributed by atoms with E-state index >= 15 is 0 Å². The van der Waals surface area contributed by atoms with Gasteiger partial charge in [0.05, 0.1) is 11.3 Å². The van der Waals surface area contributed by atoms with E-state index in [0.717, 1.165) is 4.57 Å². The molecule has 0 atom stereocenters. The Kier molecular flexibility index (Phi) is 3.33. The Bertz CT molecular complexity index is 742. The lowest BCUT2D eigenvalue weighted by atomic mass is 10.3. The van der Waals surface area contributed by atoms with Crippen molar-refractivity contribution >= 4 is 17.7 Å². The van der Waals surface area contributed by atoms with Crippen molar-refractivity contribution in [2.45, 2.75) is 0 Å². The summed E-state index contributed by atoms with van der Waals surface area (Å²) in [4.78, 5) is 27.8. The fourth-order valence-corrected chi connectivity index (χ4v) is 1.66. The lowest BCUT2D eigenvalue weighted by molar-refractivity contribution is 0.692. The summed E-state index contributed by atoms with van der Waals surface area (Å²) in [5.41, 5.74) is 5.77. The molecule has 1 aromatic carbocycles. The summed E-state index contributed by atoms with van der Waals surface area (Å²) in [5, 5.41) is 0. The van der Waals surface area contributed by atoms with Crippen molar-refractivity contribution in [1.82, 2.24) is 9.13 Å². The van der Waals surface area contributed by atoms with Crippen molar-refractivity contribution in [2.24, 2.45) is 19.1 Å². The summed E-state index contributed by atoms with van der Waals surface area (Å²) < 4.78 is 2.22. The lowest BCUT2D eigenvalue weighted by Crippen LogP contribution is -2.40. The van der Waals surface area contributed by atoms with Crippen molar-refractivity contribution in [3.63, 3.8) is 0 Å². The van der Waals surface area contributed by atoms with Crippen LogP contribution in [0.4, 0.5) is 11.5 Å². The Morgan fingerprint density at radius 2 is 1.74 bits per heavy atom. The molecule has 1 aromatic heterocycles. The third-order valence-electron chi connectivity index (χ3n) is 2.85. The number of nitrogen functional groups attached to an aromatic ring is 1. The number of nitrogens with two attached hydrogens (primary N) is 1. The van der Waals surface area contributed by atoms with Gasteiger partial charge in [0.25, 0.3) is 5.56 Å². The summed E-state index contributed by atoms with van der Waals surface area (Å²) in [6.45, 7) is 0. The summed E-state index contributed by atoms with van der Waals surface area (Å²) in [5.74, 6) is 0.104. The number of nitrogens with zero attached hydrogens (tertiary/aromatic N) is 3. The largest absolute Gasteiger partial charge is 0.384 e. The second kappa shape index (κ2) is 4.93. The molecule has 6 heteroatoms. The van der Waals surface area contributed by atoms with Gasteiger partial charge in [-0.1, -0.05) is 18.2 Å². The molecule has 2 aromatic rings. The van der Waals surface area contributed by atoms with Crippen molar-refractivity contribution in [2.75, 3.05) is 5.73 Å². The number of hydrogen-bond donors (Lipinski definition) is 1. The summed E-state index contributed by atoms with van der Waals surface area (Å²) in [6.07, 6.45) is 1.38. The van der Waals surface area contributed by atoms with Gasteiger partial charge in [-0.15, -0.1) is 0 Å². The Balaban J connectivity index is 2.56. The smallest absolute Gasteiger partial charge is 0.332 e. The topological polar surface area (TPSA) is 82.4 Å². The van der Waals surface area contributed by atoms with Crippen molar-refractivity contribution in [3.05, 3.63) is 56.7 Å². The highest BCUT2D eigenvalue weighted by Crippen LogP contribution is 2.10. The molecule has 0 saturated carbocycles. The molecular formula is C13H14N4O2. The normalized spacial score (nSPS) is 11.1. The van der Waals surface area contributed by atoms with Crippen LogP contribution in [-0.2, 0) is 14.1 Å². The maximum Gasteiger partial charge on any atom is 0.332 e. The van der Waals surface area contributed by atoms with Gasteiger partial charge in [-0.05, 0) is 12.1 Å². The number of para-hydroxylation sites is 1. The first-order valence-electron chi connectivity index (χ1n) is 5.67. The summed E-state index contributed by atoms with van der Waals surface area (Å²) >= 11 is 0. The van der Waals surface area contributed by atoms with E-state index in [1.807, 2.05) is 18.2 Å². The van der Waals surface area contributed by atoms with Crippen LogP contribution in [0.3, 0.4) is 0 Å². The molecule has 19 heavy (non-hydrogen) atoms. The monoisotopic (exact) mass is 258 g/mol. The van der Waals surface area contributed by atoms with Gasteiger partial charge in [0.1, 0.15) is 5.82 Å². The Labute approximate surface area is 109 Å². The SMILES string of the molecule is Cn1c(N)c(C=Nc2ccccc2)c(=O)n(C)c1=O. The number of hydrogen-bond acceptors (Lipinski definition) is 4. The minimum Gasteiger partial charge on any atom is -0.384 e. The van der Waals surface area contributed by atoms with E-state index in [2.05, 4.69) is 4.99 Å². The van der Waals surface area contributed by atoms with E-state index < -0.39 is 11.2 Å². The number of aromatic nitrogens is 2. The number of anilines is 1. The standard InChI is InChI=1S/C13H14N4O2/c1-16-11(14)10(12(18)17(2)13(16)19)8-15-9-6-4-3-5-7-9/h3-8H,14H2,1-2H3. The molecule has 0 aliphatic carbocycles. The first-order valence-corrected chi connectivity index (χ1v) is 5.67. The highest BCUT2D eigenvalue weighted by molar-refractivity contribution is 5.86. The fraction of sp³-hybridized carbons (Fsp3) is 0.154. The Morgan fingerprint density at radius 1 is 1.11 bits per heavy atom. The van der Waals surface area contributed by atoms with Crippen LogP contribution in [0.5, 0.6) is 0 Å². The van der Waals surface area contributed by atoms with E-state index in [0.29, 0.717) is 5.69 Å². The zero-order valence-corrected chi connectivity index (χ0v) is 10.7. The minimum atomic E-state index is -0.459. The van der Waals surface area contributed by atoms with Crippen LogP contribution in [0.2, 0.25) is 0 Å². The minimum absolute atomic E-state index is 0.104. The first-order chi connectivity index (χ1) is 9.02. The number of rotatable bonds is 2. The van der Waals surface area contributed by atoms with Crippen LogP contribution < -0.4 is 17.0 Å². The predicted octanol–water partition coefficient (Wildman–Crippen LogP) is 0.417. The number of aliphatic imine (C=N–C) groups is 1. The van der Waals surface area contributed by atoms with Crippen LogP contribution in [0.25, 0.3) is 0 Å². The molecule has 0 unspecified atom stereocenters. The van der Waals surface area contributed by atoms with Crippen molar-refractivity contribution in [3.8, 4) is 0 Å². The average Bonchev–Trinajstić information content (AvgIpc) is 2.44. The van der Waals surface area contributed by atoms with Gasteiger partial charge < -0.3 is 5.73 Å². The molecule has 0 spiro atoms. The summed E-state index contributed by atoms with van der Waals surface area (Å²) in [7, 11) is 2.92. The van der Waals surface area contributed by atoms with Crippen LogP contribution in [0.1, 0.15) is 5.56 Å². The first kappa shape index (κ1) is 12.8. The quantitative estimate of drug-likeness (QED) is 0.792. The van der Waals surface area contributed by atoms with Crippen molar-refractivity contribution < 1.29 is 0 Å². The molecular weight excluding hydrogens is 244 g/mol. The van der Waals surface area contributed by atoms with E-state index in [1.54, 1.807) is 12.1 Å². The van der Waals surface area contributed by atoms with E-state index in [4.69, 9.17) is 5.73 Å². The zero-order valence-electron chi connectivity index (χ0n) is 10.7. The van der Waals surface area contributed by atoms with Gasteiger partial charge in [-0.3, -0.25) is 18.9 Å². The molecule has 2 rings (SSSR count). The highest BCUT2D eigenvalue weighted by Gasteiger charge is 2.10. The van der Waals surface area contributed by atoms with Gasteiger partial charge >= 0.3 is 5.69 Å². The maximum atomic E-state index is 12.0. The molecule has 6 nitrogen and oxygen atoms in total. The van der Waals surface area contributed by atoms with Crippen LogP contribution in [0.15, 0.2) is 44.9 Å². The van der Waals surface area contributed by atoms with E-state index in [-0.39, 0.29) is 11.4 Å². The van der Waals surface area contributed by atoms with E-state index in [1.165, 1.54) is 24.9 Å². The van der Waals surface area contributed by atoms with Crippen LogP contribution in [-0.4, -0.2) is 15.3 Å². The fourth-order valence-electron chi connectivity index (χ4n) is 1.66. The van der Waals surface area contributed by atoms with Gasteiger partial charge in [0.15, 0.2) is 0 Å². The molecule has 0 aliphatic rings. The van der Waals surface area contributed by atoms with Crippen LogP contribution >= 0.6 is 0 Å². The van der Waals surface area contributed by atoms with Crippen LogP contribution in [0, 0.1) is 0 Å². The van der Waals surface area contributed by atoms with Gasteiger partial charge in [0.2, 0.25) is 0 Å². The number of benzene rings is 1. The lowest BCUT2D eigenvalue weighted by Gasteiger charge is -2.08. The second-order valence-electron chi connectivity index (χ2n) is 4.10. The second-order valence-corrected chi connectivity index (χ2v) is 4.10. The van der Waals surface area contributed by atoms with Gasteiger partial charge in [-0.2, -0.15) is 0 Å². The zero-order chi connectivity index (χ0) is 14.0. The molecule has 0 bridgehead atoms. The molecule has 2 N–H and O–H groups in total. The van der Waals surface area contributed by atoms with Gasteiger partial charge in [0, 0.05) is 20.3 Å². The third kappa shape index (κ3) is 2.33. The molecule has 0 fully saturated rings. The molecule has 0 radical (unpaired) electrons. The van der Waals surface area contributed by atoms with Gasteiger partial charge in [-0.25, -0.2) is 4.79 Å². The van der Waals surface area contributed by atoms with E-state index in [9.17, 15) is 9.59 Å². The predicted molar refractivity (Wildman–Crippen MR) is 75.0 cm³/mol. The maximum absolute atomic E-state index is 12.0.